The molecule has 0 aliphatic rings. The van der Waals surface area contributed by atoms with Gasteiger partial charge in [0.2, 0.25) is 0 Å². The van der Waals surface area contributed by atoms with Crippen molar-refractivity contribution in [1.82, 2.24) is 5.32 Å². The van der Waals surface area contributed by atoms with Gasteiger partial charge in [-0.15, -0.1) is 0 Å². The van der Waals surface area contributed by atoms with E-state index in [2.05, 4.69) is 5.32 Å². The van der Waals surface area contributed by atoms with Crippen molar-refractivity contribution in [3.05, 3.63) is 59.4 Å². The van der Waals surface area contributed by atoms with Crippen molar-refractivity contribution >= 4 is 0 Å². The Morgan fingerprint density at radius 1 is 1.04 bits per heavy atom. The van der Waals surface area contributed by atoms with Gasteiger partial charge in [-0.05, 0) is 56.7 Å². The second kappa shape index (κ2) is 7.97. The van der Waals surface area contributed by atoms with Crippen molar-refractivity contribution in [1.29, 1.82) is 0 Å². The molecule has 0 spiro atoms. The van der Waals surface area contributed by atoms with Gasteiger partial charge in [-0.2, -0.15) is 0 Å². The molecule has 2 aromatic carbocycles. The van der Waals surface area contributed by atoms with Crippen LogP contribution in [0.3, 0.4) is 0 Å². The van der Waals surface area contributed by atoms with Crippen molar-refractivity contribution in [2.45, 2.75) is 39.5 Å². The molecule has 0 saturated heterocycles. The summed E-state index contributed by atoms with van der Waals surface area (Å²) in [5, 5.41) is 3.39. The molecule has 4 heteroatoms. The maximum absolute atomic E-state index is 13.5. The molecule has 0 heterocycles. The Balaban J connectivity index is 1.99. The van der Waals surface area contributed by atoms with E-state index in [9.17, 15) is 4.39 Å². The Labute approximate surface area is 137 Å². The third kappa shape index (κ3) is 4.96. The van der Waals surface area contributed by atoms with Gasteiger partial charge in [0.25, 0.3) is 0 Å². The van der Waals surface area contributed by atoms with Crippen LogP contribution in [0.25, 0.3) is 0 Å². The number of methoxy groups -OCH3 is 1. The van der Waals surface area contributed by atoms with Crippen LogP contribution in [0.4, 0.5) is 4.39 Å². The van der Waals surface area contributed by atoms with E-state index in [4.69, 9.17) is 9.47 Å². The lowest BCUT2D eigenvalue weighted by molar-refractivity contribution is 0.242. The summed E-state index contributed by atoms with van der Waals surface area (Å²) in [6.45, 7) is 6.68. The Morgan fingerprint density at radius 2 is 1.74 bits per heavy atom. The summed E-state index contributed by atoms with van der Waals surface area (Å²) in [5.74, 6) is 1.29. The van der Waals surface area contributed by atoms with Gasteiger partial charge in [-0.3, -0.25) is 0 Å². The number of hydrogen-bond donors (Lipinski definition) is 1. The number of hydrogen-bond acceptors (Lipinski definition) is 3. The van der Waals surface area contributed by atoms with E-state index < -0.39 is 0 Å². The molecular formula is C19H24FNO2. The highest BCUT2D eigenvalue weighted by molar-refractivity contribution is 5.36. The van der Waals surface area contributed by atoms with Gasteiger partial charge in [-0.1, -0.05) is 12.1 Å². The fraction of sp³-hybridized carbons (Fsp3) is 0.368. The van der Waals surface area contributed by atoms with Crippen LogP contribution in [0.2, 0.25) is 0 Å². The van der Waals surface area contributed by atoms with Gasteiger partial charge in [-0.25, -0.2) is 4.39 Å². The molecule has 1 N–H and O–H groups in total. The fourth-order valence-corrected chi connectivity index (χ4v) is 2.38. The summed E-state index contributed by atoms with van der Waals surface area (Å²) >= 11 is 0. The number of rotatable bonds is 7. The molecule has 23 heavy (non-hydrogen) atoms. The quantitative estimate of drug-likeness (QED) is 0.817. The molecule has 124 valence electrons. The van der Waals surface area contributed by atoms with Crippen LogP contribution in [-0.2, 0) is 6.54 Å². The SMILES string of the molecule is COc1ccc(F)cc1C(C)NCc1ccc(OC(C)C)cc1. The molecule has 1 unspecified atom stereocenters. The molecule has 0 amide bonds. The first-order valence-electron chi connectivity index (χ1n) is 7.82. The van der Waals surface area contributed by atoms with Crippen molar-refractivity contribution in [2.75, 3.05) is 7.11 Å². The van der Waals surface area contributed by atoms with Gasteiger partial charge in [0.05, 0.1) is 13.2 Å². The van der Waals surface area contributed by atoms with Crippen molar-refractivity contribution < 1.29 is 13.9 Å². The number of nitrogens with one attached hydrogen (secondary N) is 1. The van der Waals surface area contributed by atoms with Crippen molar-refractivity contribution in [3.8, 4) is 11.5 Å². The highest BCUT2D eigenvalue weighted by atomic mass is 19.1. The summed E-state index contributed by atoms with van der Waals surface area (Å²) in [6.07, 6.45) is 0.166. The first-order valence-corrected chi connectivity index (χ1v) is 7.82. The average molecular weight is 317 g/mol. The van der Waals surface area contributed by atoms with Gasteiger partial charge in [0, 0.05) is 18.2 Å². The normalized spacial score (nSPS) is 12.3. The van der Waals surface area contributed by atoms with Crippen molar-refractivity contribution in [2.24, 2.45) is 0 Å². The van der Waals surface area contributed by atoms with Crippen molar-refractivity contribution in [3.63, 3.8) is 0 Å². The van der Waals surface area contributed by atoms with Crippen LogP contribution in [0, 0.1) is 5.82 Å². The summed E-state index contributed by atoms with van der Waals surface area (Å²) in [7, 11) is 1.59. The van der Waals surface area contributed by atoms with E-state index in [0.717, 1.165) is 16.9 Å². The summed E-state index contributed by atoms with van der Waals surface area (Å²) in [5.41, 5.74) is 1.95. The van der Waals surface area contributed by atoms with E-state index in [0.29, 0.717) is 12.3 Å². The smallest absolute Gasteiger partial charge is 0.123 e. The average Bonchev–Trinajstić information content (AvgIpc) is 2.53. The molecule has 1 atom stereocenters. The molecule has 3 nitrogen and oxygen atoms in total. The zero-order chi connectivity index (χ0) is 16.8. The van der Waals surface area contributed by atoms with E-state index in [1.54, 1.807) is 13.2 Å². The molecular weight excluding hydrogens is 293 g/mol. The van der Waals surface area contributed by atoms with Gasteiger partial charge in [0.15, 0.2) is 0 Å². The number of halogens is 1. The lowest BCUT2D eigenvalue weighted by atomic mass is 10.1. The molecule has 2 rings (SSSR count). The Hall–Kier alpha value is -2.07. The molecule has 0 saturated carbocycles. The molecule has 2 aromatic rings. The predicted molar refractivity (Wildman–Crippen MR) is 90.4 cm³/mol. The monoisotopic (exact) mass is 317 g/mol. The first-order chi connectivity index (χ1) is 11.0. The minimum Gasteiger partial charge on any atom is -0.496 e. The summed E-state index contributed by atoms with van der Waals surface area (Å²) in [6, 6.07) is 12.5. The van der Waals surface area contributed by atoms with Crippen LogP contribution in [-0.4, -0.2) is 13.2 Å². The number of benzene rings is 2. The van der Waals surface area contributed by atoms with Gasteiger partial charge < -0.3 is 14.8 Å². The standard InChI is InChI=1S/C19H24FNO2/c1-13(2)23-17-8-5-15(6-9-17)12-21-14(3)18-11-16(20)7-10-19(18)22-4/h5-11,13-14,21H,12H2,1-4H3. The lowest BCUT2D eigenvalue weighted by Crippen LogP contribution is -2.19. The molecule has 0 aliphatic carbocycles. The second-order valence-electron chi connectivity index (χ2n) is 5.80. The lowest BCUT2D eigenvalue weighted by Gasteiger charge is -2.18. The number of ether oxygens (including phenoxy) is 2. The van der Waals surface area contributed by atoms with Gasteiger partial charge >= 0.3 is 0 Å². The topological polar surface area (TPSA) is 30.5 Å². The van der Waals surface area contributed by atoms with Crippen LogP contribution < -0.4 is 14.8 Å². The third-order valence-corrected chi connectivity index (χ3v) is 3.57. The highest BCUT2D eigenvalue weighted by Gasteiger charge is 2.12. The molecule has 0 aromatic heterocycles. The van der Waals surface area contributed by atoms with Crippen LogP contribution in [0.15, 0.2) is 42.5 Å². The first kappa shape index (κ1) is 17.3. The molecule has 0 radical (unpaired) electrons. The maximum atomic E-state index is 13.5. The Bertz CT molecular complexity index is 626. The zero-order valence-electron chi connectivity index (χ0n) is 14.1. The predicted octanol–water partition coefficient (Wildman–Crippen LogP) is 4.47. The second-order valence-corrected chi connectivity index (χ2v) is 5.80. The Kier molecular flexibility index (Phi) is 5.99. The minimum atomic E-state index is -0.260. The van der Waals surface area contributed by atoms with E-state index in [1.807, 2.05) is 45.0 Å². The van der Waals surface area contributed by atoms with Gasteiger partial charge in [0.1, 0.15) is 17.3 Å². The molecule has 0 bridgehead atoms. The van der Waals surface area contributed by atoms with E-state index >= 15 is 0 Å². The molecule has 0 fully saturated rings. The van der Waals surface area contributed by atoms with E-state index in [1.165, 1.54) is 12.1 Å². The minimum absolute atomic E-state index is 0.0211. The van der Waals surface area contributed by atoms with Crippen LogP contribution in [0.1, 0.15) is 37.9 Å². The summed E-state index contributed by atoms with van der Waals surface area (Å²) < 4.78 is 24.4. The third-order valence-electron chi connectivity index (χ3n) is 3.57. The maximum Gasteiger partial charge on any atom is 0.123 e. The summed E-state index contributed by atoms with van der Waals surface area (Å²) in [4.78, 5) is 0. The largest absolute Gasteiger partial charge is 0.496 e. The van der Waals surface area contributed by atoms with Crippen LogP contribution >= 0.6 is 0 Å². The Morgan fingerprint density at radius 3 is 2.35 bits per heavy atom. The van der Waals surface area contributed by atoms with Crippen LogP contribution in [0.5, 0.6) is 11.5 Å². The van der Waals surface area contributed by atoms with E-state index in [-0.39, 0.29) is 18.0 Å². The fourth-order valence-electron chi connectivity index (χ4n) is 2.38. The molecule has 0 aliphatic heterocycles. The zero-order valence-corrected chi connectivity index (χ0v) is 14.1. The highest BCUT2D eigenvalue weighted by Crippen LogP contribution is 2.26.